The molecule has 0 aliphatic rings. The van der Waals surface area contributed by atoms with Crippen molar-refractivity contribution in [2.75, 3.05) is 0 Å². The Hall–Kier alpha value is -2.20. The predicted molar refractivity (Wildman–Crippen MR) is 112 cm³/mol. The highest BCUT2D eigenvalue weighted by Gasteiger charge is 2.51. The van der Waals surface area contributed by atoms with E-state index in [1.54, 1.807) is 0 Å². The summed E-state index contributed by atoms with van der Waals surface area (Å²) < 4.78 is 6.66. The normalized spacial score (nSPS) is 12.1. The Morgan fingerprint density at radius 3 is 1.54 bits per heavy atom. The van der Waals surface area contributed by atoms with Crippen LogP contribution in [0.1, 0.15) is 26.3 Å². The molecule has 0 aliphatic carbocycles. The zero-order valence-electron chi connectivity index (χ0n) is 15.8. The highest BCUT2D eigenvalue weighted by molar-refractivity contribution is 6.99. The summed E-state index contributed by atoms with van der Waals surface area (Å²) in [6.45, 7) is 7.53. The van der Waals surface area contributed by atoms with Gasteiger partial charge >= 0.3 is 0 Å². The summed E-state index contributed by atoms with van der Waals surface area (Å²) >= 11 is 0. The van der Waals surface area contributed by atoms with Gasteiger partial charge in [-0.15, -0.1) is 0 Å². The van der Waals surface area contributed by atoms with Crippen molar-refractivity contribution in [3.63, 3.8) is 0 Å². The third-order valence-corrected chi connectivity index (χ3v) is 9.62. The first-order valence-electron chi connectivity index (χ1n) is 9.10. The Morgan fingerprint density at radius 2 is 1.12 bits per heavy atom. The number of rotatable bonds is 6. The van der Waals surface area contributed by atoms with E-state index in [0.717, 1.165) is 0 Å². The lowest BCUT2D eigenvalue weighted by Crippen LogP contribution is -2.68. The topological polar surface area (TPSA) is 21.3 Å². The van der Waals surface area contributed by atoms with Gasteiger partial charge in [0, 0.05) is 6.54 Å². The van der Waals surface area contributed by atoms with Crippen molar-refractivity contribution in [3.8, 4) is 0 Å². The molecule has 2 nitrogen and oxygen atoms in total. The molecule has 3 aromatic rings. The van der Waals surface area contributed by atoms with Crippen molar-refractivity contribution in [3.05, 3.63) is 96.6 Å². The quantitative estimate of drug-likeness (QED) is 0.523. The van der Waals surface area contributed by atoms with Gasteiger partial charge in [0.05, 0.1) is 0 Å². The van der Waals surface area contributed by atoms with Gasteiger partial charge in [-0.25, -0.2) is 5.48 Å². The van der Waals surface area contributed by atoms with Crippen molar-refractivity contribution < 1.29 is 4.53 Å². The molecule has 0 saturated heterocycles. The molecule has 3 rings (SSSR count). The highest BCUT2D eigenvalue weighted by Crippen LogP contribution is 2.36. The Balaban J connectivity index is 2.00. The standard InChI is InChI=1S/C23H27NOSi/c1-23(2,3)26(21-15-9-5-10-16-21,22-17-11-6-12-18-22)25-24-19-20-13-7-4-8-14-20/h4-18,24H,19H2,1-3H3. The van der Waals surface area contributed by atoms with E-state index in [0.29, 0.717) is 6.54 Å². The minimum Gasteiger partial charge on any atom is -0.333 e. The number of hydrogen-bond donors (Lipinski definition) is 1. The van der Waals surface area contributed by atoms with Crippen LogP contribution in [0.15, 0.2) is 91.0 Å². The van der Waals surface area contributed by atoms with E-state index in [2.05, 4.69) is 111 Å². The zero-order valence-corrected chi connectivity index (χ0v) is 16.8. The lowest BCUT2D eigenvalue weighted by Gasteiger charge is -2.42. The molecule has 0 radical (unpaired) electrons. The second-order valence-corrected chi connectivity index (χ2v) is 11.8. The smallest absolute Gasteiger partial charge is 0.287 e. The summed E-state index contributed by atoms with van der Waals surface area (Å²) in [6.07, 6.45) is 0. The fourth-order valence-corrected chi connectivity index (χ4v) is 7.69. The zero-order chi connectivity index (χ0) is 18.5. The van der Waals surface area contributed by atoms with Gasteiger partial charge in [0.15, 0.2) is 0 Å². The molecule has 0 bridgehead atoms. The lowest BCUT2D eigenvalue weighted by atomic mass is 10.2. The van der Waals surface area contributed by atoms with Crippen LogP contribution in [0, 0.1) is 0 Å². The van der Waals surface area contributed by atoms with Crippen molar-refractivity contribution >= 4 is 18.7 Å². The maximum atomic E-state index is 6.66. The van der Waals surface area contributed by atoms with Crippen molar-refractivity contribution in [1.82, 2.24) is 5.48 Å². The van der Waals surface area contributed by atoms with Gasteiger partial charge < -0.3 is 4.53 Å². The first-order chi connectivity index (χ1) is 12.5. The molecule has 0 atom stereocenters. The molecule has 0 aliphatic heterocycles. The Morgan fingerprint density at radius 1 is 0.692 bits per heavy atom. The molecule has 0 spiro atoms. The molecule has 0 amide bonds. The second kappa shape index (κ2) is 8.00. The van der Waals surface area contributed by atoms with E-state index >= 15 is 0 Å². The molecule has 26 heavy (non-hydrogen) atoms. The van der Waals surface area contributed by atoms with Crippen LogP contribution < -0.4 is 15.9 Å². The number of benzene rings is 3. The second-order valence-electron chi connectivity index (χ2n) is 7.57. The molecule has 3 heteroatoms. The van der Waals surface area contributed by atoms with Crippen LogP contribution >= 0.6 is 0 Å². The highest BCUT2D eigenvalue weighted by atomic mass is 28.4. The van der Waals surface area contributed by atoms with E-state index in [9.17, 15) is 0 Å². The fourth-order valence-electron chi connectivity index (χ4n) is 3.47. The van der Waals surface area contributed by atoms with Crippen LogP contribution in [0.25, 0.3) is 0 Å². The van der Waals surface area contributed by atoms with Crippen LogP contribution in [-0.4, -0.2) is 8.32 Å². The van der Waals surface area contributed by atoms with Gasteiger partial charge in [-0.3, -0.25) is 0 Å². The van der Waals surface area contributed by atoms with Gasteiger partial charge in [0.1, 0.15) is 0 Å². The lowest BCUT2D eigenvalue weighted by molar-refractivity contribution is 0.175. The van der Waals surface area contributed by atoms with Gasteiger partial charge in [-0.05, 0) is 21.0 Å². The maximum Gasteiger partial charge on any atom is 0.287 e. The summed E-state index contributed by atoms with van der Waals surface area (Å²) in [5, 5.41) is 2.53. The SMILES string of the molecule is CC(C)(C)[Si](ONCc1ccccc1)(c1ccccc1)c1ccccc1. The van der Waals surface area contributed by atoms with E-state index in [1.165, 1.54) is 15.9 Å². The van der Waals surface area contributed by atoms with Crippen LogP contribution in [0.3, 0.4) is 0 Å². The molecular weight excluding hydrogens is 334 g/mol. The molecule has 0 heterocycles. The molecule has 1 N–H and O–H groups in total. The average Bonchev–Trinajstić information content (AvgIpc) is 2.66. The van der Waals surface area contributed by atoms with Crippen LogP contribution in [0.2, 0.25) is 5.04 Å². The van der Waals surface area contributed by atoms with Gasteiger partial charge in [-0.2, -0.15) is 0 Å². The molecule has 0 aromatic heterocycles. The summed E-state index contributed by atoms with van der Waals surface area (Å²) in [7, 11) is -2.51. The maximum absolute atomic E-state index is 6.66. The van der Waals surface area contributed by atoms with Crippen molar-refractivity contribution in [1.29, 1.82) is 0 Å². The summed E-state index contributed by atoms with van der Waals surface area (Å²) in [4.78, 5) is 0. The monoisotopic (exact) mass is 361 g/mol. The molecule has 0 saturated carbocycles. The molecule has 3 aromatic carbocycles. The van der Waals surface area contributed by atoms with Crippen LogP contribution in [0.4, 0.5) is 0 Å². The Kier molecular flexibility index (Phi) is 5.72. The van der Waals surface area contributed by atoms with Crippen LogP contribution in [0.5, 0.6) is 0 Å². The Labute approximate surface area is 157 Å². The number of nitrogens with one attached hydrogen (secondary N) is 1. The van der Waals surface area contributed by atoms with Crippen molar-refractivity contribution in [2.24, 2.45) is 0 Å². The minimum atomic E-state index is -2.51. The summed E-state index contributed by atoms with van der Waals surface area (Å²) in [5.41, 5.74) is 4.52. The largest absolute Gasteiger partial charge is 0.333 e. The minimum absolute atomic E-state index is 0.0284. The van der Waals surface area contributed by atoms with Gasteiger partial charge in [0.2, 0.25) is 0 Å². The van der Waals surface area contributed by atoms with E-state index in [4.69, 9.17) is 4.53 Å². The molecule has 0 fully saturated rings. The first-order valence-corrected chi connectivity index (χ1v) is 11.0. The predicted octanol–water partition coefficient (Wildman–Crippen LogP) is 4.27. The van der Waals surface area contributed by atoms with E-state index in [1.807, 2.05) is 6.07 Å². The first kappa shape index (κ1) is 18.6. The van der Waals surface area contributed by atoms with E-state index < -0.39 is 8.32 Å². The number of hydroxylamine groups is 1. The summed E-state index contributed by atoms with van der Waals surface area (Å²) in [6, 6.07) is 31.7. The third kappa shape index (κ3) is 3.80. The van der Waals surface area contributed by atoms with Gasteiger partial charge in [0.25, 0.3) is 8.32 Å². The van der Waals surface area contributed by atoms with Gasteiger partial charge in [-0.1, -0.05) is 112 Å². The third-order valence-electron chi connectivity index (χ3n) is 4.76. The molecular formula is C23H27NOSi. The Bertz CT molecular complexity index is 758. The van der Waals surface area contributed by atoms with Crippen molar-refractivity contribution in [2.45, 2.75) is 32.4 Å². The number of hydrogen-bond acceptors (Lipinski definition) is 2. The fraction of sp³-hybridized carbons (Fsp3) is 0.217. The van der Waals surface area contributed by atoms with E-state index in [-0.39, 0.29) is 5.04 Å². The molecule has 0 unspecified atom stereocenters. The van der Waals surface area contributed by atoms with Crippen LogP contribution in [-0.2, 0) is 11.1 Å². The average molecular weight is 362 g/mol. The molecule has 134 valence electrons. The summed E-state index contributed by atoms with van der Waals surface area (Å²) in [5.74, 6) is 0.